The number of carbonyl (C=O) groups is 2. The standard InChI is InChI=1S/C14H14ClNO.C6H12.CH2O2.CH2O/c1-2-14-13-4-3-7-16(13)12-6-5-11(15)8-10(12)9-17-14;1-2-4-6-5-3-1;2-1-3;1-2/h3-8,14H,2,9H2,1H3;1-6H2;1H,(H,2,3);1H2. The molecule has 28 heavy (non-hydrogen) atoms. The average Bonchev–Trinajstić information content (AvgIpc) is 3.17. The molecule has 1 unspecified atom stereocenters. The first-order chi connectivity index (χ1) is 13.7. The molecule has 4 rings (SSSR count). The van der Waals surface area contributed by atoms with Crippen LogP contribution >= 0.6 is 11.6 Å². The maximum atomic E-state index is 8.36. The Labute approximate surface area is 172 Å². The molecule has 2 heterocycles. The molecule has 154 valence electrons. The average molecular weight is 408 g/mol. The number of benzene rings is 1. The maximum Gasteiger partial charge on any atom is 0.290 e. The second kappa shape index (κ2) is 14.0. The molecule has 5 nitrogen and oxygen atoms in total. The van der Waals surface area contributed by atoms with Crippen molar-refractivity contribution in [3.8, 4) is 5.69 Å². The minimum absolute atomic E-state index is 0.163. The molecule has 0 amide bonds. The molecule has 1 aliphatic carbocycles. The summed E-state index contributed by atoms with van der Waals surface area (Å²) in [5, 5.41) is 7.65. The van der Waals surface area contributed by atoms with Gasteiger partial charge in [0.15, 0.2) is 0 Å². The third kappa shape index (κ3) is 7.13. The number of hydrogen-bond acceptors (Lipinski definition) is 3. The van der Waals surface area contributed by atoms with Gasteiger partial charge in [-0.1, -0.05) is 57.0 Å². The molecule has 1 aliphatic heterocycles. The molecule has 1 aromatic heterocycles. The van der Waals surface area contributed by atoms with Crippen LogP contribution in [0.25, 0.3) is 5.69 Å². The lowest BCUT2D eigenvalue weighted by atomic mass is 10.0. The molecule has 0 spiro atoms. The summed E-state index contributed by atoms with van der Waals surface area (Å²) in [6, 6.07) is 10.2. The van der Waals surface area contributed by atoms with E-state index < -0.39 is 0 Å². The summed E-state index contributed by atoms with van der Waals surface area (Å²) < 4.78 is 8.14. The van der Waals surface area contributed by atoms with Crippen molar-refractivity contribution < 1.29 is 19.4 Å². The Morgan fingerprint density at radius 3 is 2.29 bits per heavy atom. The Morgan fingerprint density at radius 2 is 1.75 bits per heavy atom. The molecule has 1 saturated carbocycles. The number of carbonyl (C=O) groups excluding carboxylic acids is 1. The van der Waals surface area contributed by atoms with Crippen molar-refractivity contribution in [3.63, 3.8) is 0 Å². The van der Waals surface area contributed by atoms with Crippen LogP contribution < -0.4 is 0 Å². The summed E-state index contributed by atoms with van der Waals surface area (Å²) in [7, 11) is 0. The van der Waals surface area contributed by atoms with E-state index in [2.05, 4.69) is 35.9 Å². The summed E-state index contributed by atoms with van der Waals surface area (Å²) in [5.74, 6) is 0. The molecular formula is C22H30ClNO4. The van der Waals surface area contributed by atoms with Gasteiger partial charge in [-0.15, -0.1) is 0 Å². The zero-order chi connectivity index (χ0) is 20.8. The molecule has 1 N–H and O–H groups in total. The molecular weight excluding hydrogens is 378 g/mol. The molecule has 2 aliphatic rings. The molecule has 2 aromatic rings. The molecule has 6 heteroatoms. The van der Waals surface area contributed by atoms with Gasteiger partial charge in [0.05, 0.1) is 24.1 Å². The highest BCUT2D eigenvalue weighted by molar-refractivity contribution is 6.30. The zero-order valence-electron chi connectivity index (χ0n) is 16.5. The van der Waals surface area contributed by atoms with E-state index in [1.807, 2.05) is 18.9 Å². The Morgan fingerprint density at radius 1 is 1.18 bits per heavy atom. The minimum atomic E-state index is -0.250. The lowest BCUT2D eigenvalue weighted by molar-refractivity contribution is -0.122. The van der Waals surface area contributed by atoms with Gasteiger partial charge in [0.2, 0.25) is 0 Å². The Bertz CT molecular complexity index is 686. The quantitative estimate of drug-likeness (QED) is 0.591. The predicted molar refractivity (Wildman–Crippen MR) is 112 cm³/mol. The SMILES string of the molecule is C1CCCCC1.C=O.CCC1OCc2cc(Cl)ccc2-n2cccc21.O=CO. The largest absolute Gasteiger partial charge is 0.483 e. The summed E-state index contributed by atoms with van der Waals surface area (Å²) in [6.07, 6.45) is 12.2. The van der Waals surface area contributed by atoms with E-state index in [-0.39, 0.29) is 12.6 Å². The van der Waals surface area contributed by atoms with E-state index in [4.69, 9.17) is 31.0 Å². The number of ether oxygens (including phenoxy) is 1. The molecule has 1 aromatic carbocycles. The van der Waals surface area contributed by atoms with Crippen molar-refractivity contribution in [1.29, 1.82) is 0 Å². The van der Waals surface area contributed by atoms with Crippen molar-refractivity contribution in [2.24, 2.45) is 0 Å². The van der Waals surface area contributed by atoms with Gasteiger partial charge < -0.3 is 19.2 Å². The van der Waals surface area contributed by atoms with Crippen LogP contribution in [0.4, 0.5) is 0 Å². The Hall–Kier alpha value is -2.11. The first kappa shape index (κ1) is 23.9. The summed E-state index contributed by atoms with van der Waals surface area (Å²) >= 11 is 6.04. The zero-order valence-corrected chi connectivity index (χ0v) is 17.2. The molecule has 1 atom stereocenters. The van der Waals surface area contributed by atoms with Gasteiger partial charge in [-0.25, -0.2) is 0 Å². The van der Waals surface area contributed by atoms with Crippen LogP contribution in [-0.4, -0.2) is 22.9 Å². The van der Waals surface area contributed by atoms with E-state index in [1.54, 1.807) is 0 Å². The van der Waals surface area contributed by atoms with Crippen LogP contribution in [0.3, 0.4) is 0 Å². The Kier molecular flexibility index (Phi) is 11.9. The van der Waals surface area contributed by atoms with Crippen LogP contribution in [0.2, 0.25) is 5.02 Å². The van der Waals surface area contributed by atoms with E-state index in [9.17, 15) is 0 Å². The van der Waals surface area contributed by atoms with Gasteiger partial charge in [-0.3, -0.25) is 4.79 Å². The first-order valence-electron chi connectivity index (χ1n) is 9.65. The Balaban J connectivity index is 0.000000297. The highest BCUT2D eigenvalue weighted by atomic mass is 35.5. The first-order valence-corrected chi connectivity index (χ1v) is 10.0. The summed E-state index contributed by atoms with van der Waals surface area (Å²) in [5.41, 5.74) is 3.53. The highest BCUT2D eigenvalue weighted by Crippen LogP contribution is 2.32. The predicted octanol–water partition coefficient (Wildman–Crippen LogP) is 5.97. The number of rotatable bonds is 1. The molecule has 1 fully saturated rings. The van der Waals surface area contributed by atoms with E-state index in [1.165, 1.54) is 49.9 Å². The smallest absolute Gasteiger partial charge is 0.290 e. The van der Waals surface area contributed by atoms with Gasteiger partial charge in [0, 0.05) is 16.8 Å². The van der Waals surface area contributed by atoms with Crippen molar-refractivity contribution >= 4 is 24.9 Å². The van der Waals surface area contributed by atoms with Gasteiger partial charge in [0.25, 0.3) is 6.47 Å². The van der Waals surface area contributed by atoms with Crippen molar-refractivity contribution in [2.75, 3.05) is 0 Å². The fourth-order valence-corrected chi connectivity index (χ4v) is 3.64. The number of hydrogen-bond donors (Lipinski definition) is 1. The number of carboxylic acid groups (broad SMARTS) is 1. The fraction of sp³-hybridized carbons (Fsp3) is 0.455. The van der Waals surface area contributed by atoms with Crippen molar-refractivity contribution in [1.82, 2.24) is 4.57 Å². The molecule has 0 saturated heterocycles. The van der Waals surface area contributed by atoms with Crippen LogP contribution in [-0.2, 0) is 20.9 Å². The van der Waals surface area contributed by atoms with E-state index in [0.717, 1.165) is 17.0 Å². The number of halogens is 1. The number of fused-ring (bicyclic) bond motifs is 3. The van der Waals surface area contributed by atoms with E-state index in [0.29, 0.717) is 6.61 Å². The second-order valence-corrected chi connectivity index (χ2v) is 6.95. The van der Waals surface area contributed by atoms with Crippen LogP contribution in [0.5, 0.6) is 0 Å². The van der Waals surface area contributed by atoms with E-state index >= 15 is 0 Å². The summed E-state index contributed by atoms with van der Waals surface area (Å²) in [4.78, 5) is 16.4. The third-order valence-corrected chi connectivity index (χ3v) is 4.96. The van der Waals surface area contributed by atoms with Crippen molar-refractivity contribution in [3.05, 3.63) is 52.8 Å². The van der Waals surface area contributed by atoms with Crippen molar-refractivity contribution in [2.45, 2.75) is 64.6 Å². The van der Waals surface area contributed by atoms with Gasteiger partial charge in [-0.05, 0) is 36.8 Å². The van der Waals surface area contributed by atoms with Crippen LogP contribution in [0, 0.1) is 0 Å². The fourth-order valence-electron chi connectivity index (χ4n) is 3.44. The number of nitrogens with zero attached hydrogens (tertiary/aromatic N) is 1. The monoisotopic (exact) mass is 407 g/mol. The van der Waals surface area contributed by atoms with Gasteiger partial charge in [-0.2, -0.15) is 0 Å². The maximum absolute atomic E-state index is 8.36. The lowest BCUT2D eigenvalue weighted by Gasteiger charge is -2.13. The topological polar surface area (TPSA) is 68.5 Å². The van der Waals surface area contributed by atoms with Gasteiger partial charge >= 0.3 is 0 Å². The minimum Gasteiger partial charge on any atom is -0.483 e. The highest BCUT2D eigenvalue weighted by Gasteiger charge is 2.20. The van der Waals surface area contributed by atoms with Gasteiger partial charge in [0.1, 0.15) is 6.79 Å². The molecule has 0 radical (unpaired) electrons. The lowest BCUT2D eigenvalue weighted by Crippen LogP contribution is -2.04. The normalized spacial score (nSPS) is 16.9. The second-order valence-electron chi connectivity index (χ2n) is 6.51. The number of aromatic nitrogens is 1. The molecule has 0 bridgehead atoms. The summed E-state index contributed by atoms with van der Waals surface area (Å²) in [6.45, 7) is 4.51. The van der Waals surface area contributed by atoms with Crippen LogP contribution in [0.15, 0.2) is 36.5 Å². The van der Waals surface area contributed by atoms with Crippen LogP contribution in [0.1, 0.15) is 69.2 Å². The third-order valence-electron chi connectivity index (χ3n) is 4.72.